The first-order valence-corrected chi connectivity index (χ1v) is 11.7. The first-order valence-electron chi connectivity index (χ1n) is 11.7. The lowest BCUT2D eigenvalue weighted by Crippen LogP contribution is -2.45. The number of hydrogen-bond donors (Lipinski definition) is 1. The van der Waals surface area contributed by atoms with E-state index in [0.29, 0.717) is 24.9 Å². The molecule has 0 aromatic heterocycles. The van der Waals surface area contributed by atoms with Crippen molar-refractivity contribution in [2.24, 2.45) is 0 Å². The molecule has 1 N–H and O–H groups in total. The van der Waals surface area contributed by atoms with Crippen molar-refractivity contribution in [3.63, 3.8) is 0 Å². The molecule has 0 atom stereocenters. The summed E-state index contributed by atoms with van der Waals surface area (Å²) in [6.07, 6.45) is 3.40. The van der Waals surface area contributed by atoms with E-state index in [2.05, 4.69) is 28.9 Å². The minimum Gasteiger partial charge on any atom is -0.508 e. The standard InChI is InChI=1S/C26H37N3O2/c1-4-15-27-16-13-23(14-17-27)29(20-21-9-7-12-25(30)18-21)24-11-8-10-22(19-24)26(31)28(5-2)6-3/h7-12,18-19,23,30H,4-6,13-17,20H2,1-3H3. The first kappa shape index (κ1) is 23.1. The highest BCUT2D eigenvalue weighted by molar-refractivity contribution is 5.95. The molecule has 0 aliphatic carbocycles. The van der Waals surface area contributed by atoms with E-state index in [-0.39, 0.29) is 5.91 Å². The average Bonchev–Trinajstić information content (AvgIpc) is 2.79. The molecule has 1 aliphatic rings. The summed E-state index contributed by atoms with van der Waals surface area (Å²) >= 11 is 0. The molecule has 1 heterocycles. The van der Waals surface area contributed by atoms with Gasteiger partial charge in [0, 0.05) is 50.0 Å². The van der Waals surface area contributed by atoms with E-state index in [1.807, 2.05) is 49.1 Å². The number of phenolic OH excluding ortho intramolecular Hbond substituents is 1. The number of nitrogens with zero attached hydrogens (tertiary/aromatic N) is 3. The maximum absolute atomic E-state index is 12.9. The number of phenols is 1. The predicted molar refractivity (Wildman–Crippen MR) is 128 cm³/mol. The number of amides is 1. The summed E-state index contributed by atoms with van der Waals surface area (Å²) in [5.41, 5.74) is 2.90. The summed E-state index contributed by atoms with van der Waals surface area (Å²) < 4.78 is 0. The molecule has 0 saturated carbocycles. The van der Waals surface area contributed by atoms with Gasteiger partial charge in [-0.2, -0.15) is 0 Å². The van der Waals surface area contributed by atoms with Crippen LogP contribution in [-0.4, -0.2) is 59.6 Å². The van der Waals surface area contributed by atoms with Crippen LogP contribution in [0.4, 0.5) is 5.69 Å². The summed E-state index contributed by atoms with van der Waals surface area (Å²) in [6, 6.07) is 16.0. The van der Waals surface area contributed by atoms with Crippen LogP contribution in [0.1, 0.15) is 56.0 Å². The van der Waals surface area contributed by atoms with Crippen LogP contribution in [0.25, 0.3) is 0 Å². The van der Waals surface area contributed by atoms with Crippen molar-refractivity contribution in [2.75, 3.05) is 37.6 Å². The fourth-order valence-electron chi connectivity index (χ4n) is 4.56. The molecule has 1 amide bonds. The van der Waals surface area contributed by atoms with Crippen LogP contribution in [0.2, 0.25) is 0 Å². The van der Waals surface area contributed by atoms with Crippen molar-refractivity contribution in [1.29, 1.82) is 0 Å². The fraction of sp³-hybridized carbons (Fsp3) is 0.500. The summed E-state index contributed by atoms with van der Waals surface area (Å²) in [7, 11) is 0. The van der Waals surface area contributed by atoms with Gasteiger partial charge in [-0.15, -0.1) is 0 Å². The van der Waals surface area contributed by atoms with Crippen LogP contribution in [0.15, 0.2) is 48.5 Å². The van der Waals surface area contributed by atoms with E-state index in [4.69, 9.17) is 0 Å². The van der Waals surface area contributed by atoms with E-state index in [9.17, 15) is 9.90 Å². The number of carbonyl (C=O) groups is 1. The largest absolute Gasteiger partial charge is 0.508 e. The molecule has 1 aliphatic heterocycles. The predicted octanol–water partition coefficient (Wildman–Crippen LogP) is 4.76. The zero-order valence-corrected chi connectivity index (χ0v) is 19.3. The van der Waals surface area contributed by atoms with E-state index >= 15 is 0 Å². The Morgan fingerprint density at radius 2 is 1.74 bits per heavy atom. The van der Waals surface area contributed by atoms with E-state index in [0.717, 1.165) is 55.8 Å². The Bertz CT molecular complexity index is 842. The zero-order valence-electron chi connectivity index (χ0n) is 19.3. The van der Waals surface area contributed by atoms with Gasteiger partial charge in [0.05, 0.1) is 0 Å². The third-order valence-corrected chi connectivity index (χ3v) is 6.28. The first-order chi connectivity index (χ1) is 15.0. The molecule has 1 fully saturated rings. The molecular formula is C26H37N3O2. The van der Waals surface area contributed by atoms with Crippen LogP contribution < -0.4 is 4.90 Å². The maximum atomic E-state index is 12.9. The Kier molecular flexibility index (Phi) is 8.35. The third-order valence-electron chi connectivity index (χ3n) is 6.28. The van der Waals surface area contributed by atoms with Gasteiger partial charge < -0.3 is 19.8 Å². The highest BCUT2D eigenvalue weighted by Gasteiger charge is 2.25. The Morgan fingerprint density at radius 1 is 1.03 bits per heavy atom. The maximum Gasteiger partial charge on any atom is 0.253 e. The van der Waals surface area contributed by atoms with Gasteiger partial charge in [-0.3, -0.25) is 4.79 Å². The van der Waals surface area contributed by atoms with Crippen LogP contribution in [0.5, 0.6) is 5.75 Å². The topological polar surface area (TPSA) is 47.0 Å². The molecule has 1 saturated heterocycles. The Balaban J connectivity index is 1.87. The number of benzene rings is 2. The molecule has 5 heteroatoms. The highest BCUT2D eigenvalue weighted by Crippen LogP contribution is 2.28. The van der Waals surface area contributed by atoms with E-state index in [1.165, 1.54) is 6.42 Å². The number of hydrogen-bond acceptors (Lipinski definition) is 4. The summed E-state index contributed by atoms with van der Waals surface area (Å²) in [5, 5.41) is 9.96. The number of rotatable bonds is 9. The van der Waals surface area contributed by atoms with Crippen molar-refractivity contribution in [2.45, 2.75) is 52.6 Å². The van der Waals surface area contributed by atoms with Crippen molar-refractivity contribution in [1.82, 2.24) is 9.80 Å². The normalized spacial score (nSPS) is 15.1. The second-order valence-corrected chi connectivity index (χ2v) is 8.40. The number of aromatic hydroxyl groups is 1. The second-order valence-electron chi connectivity index (χ2n) is 8.40. The summed E-state index contributed by atoms with van der Waals surface area (Å²) in [5.74, 6) is 0.377. The summed E-state index contributed by atoms with van der Waals surface area (Å²) in [6.45, 7) is 11.8. The van der Waals surface area contributed by atoms with E-state index < -0.39 is 0 Å². The minimum atomic E-state index is 0.0851. The van der Waals surface area contributed by atoms with Crippen molar-refractivity contribution >= 4 is 11.6 Å². The molecule has 31 heavy (non-hydrogen) atoms. The third kappa shape index (κ3) is 6.01. The highest BCUT2D eigenvalue weighted by atomic mass is 16.3. The molecule has 2 aromatic carbocycles. The van der Waals surface area contributed by atoms with Crippen molar-refractivity contribution in [3.05, 3.63) is 59.7 Å². The van der Waals surface area contributed by atoms with Crippen LogP contribution >= 0.6 is 0 Å². The van der Waals surface area contributed by atoms with Gasteiger partial charge in [-0.25, -0.2) is 0 Å². The number of likely N-dealkylation sites (tertiary alicyclic amines) is 1. The van der Waals surface area contributed by atoms with Gasteiger partial charge in [0.15, 0.2) is 0 Å². The molecule has 3 rings (SSSR count). The Labute approximate surface area is 187 Å². The van der Waals surface area contributed by atoms with Crippen LogP contribution in [0, 0.1) is 0 Å². The van der Waals surface area contributed by atoms with Crippen molar-refractivity contribution < 1.29 is 9.90 Å². The molecule has 0 radical (unpaired) electrons. The van der Waals surface area contributed by atoms with Gasteiger partial charge in [0.2, 0.25) is 0 Å². The fourth-order valence-corrected chi connectivity index (χ4v) is 4.56. The lowest BCUT2D eigenvalue weighted by molar-refractivity contribution is 0.0773. The average molecular weight is 424 g/mol. The summed E-state index contributed by atoms with van der Waals surface area (Å²) in [4.78, 5) is 19.8. The zero-order chi connectivity index (χ0) is 22.2. The van der Waals surface area contributed by atoms with Gasteiger partial charge in [-0.05, 0) is 75.5 Å². The lowest BCUT2D eigenvalue weighted by Gasteiger charge is -2.40. The smallest absolute Gasteiger partial charge is 0.253 e. The van der Waals surface area contributed by atoms with Gasteiger partial charge in [-0.1, -0.05) is 25.1 Å². The van der Waals surface area contributed by atoms with Crippen LogP contribution in [0.3, 0.4) is 0 Å². The number of anilines is 1. The lowest BCUT2D eigenvalue weighted by atomic mass is 10.00. The quantitative estimate of drug-likeness (QED) is 0.632. The number of piperidine rings is 1. The molecule has 0 spiro atoms. The molecule has 0 unspecified atom stereocenters. The van der Waals surface area contributed by atoms with Gasteiger partial charge in [0.1, 0.15) is 5.75 Å². The molecule has 5 nitrogen and oxygen atoms in total. The Hall–Kier alpha value is -2.53. The van der Waals surface area contributed by atoms with Crippen LogP contribution in [-0.2, 0) is 6.54 Å². The minimum absolute atomic E-state index is 0.0851. The van der Waals surface area contributed by atoms with Crippen molar-refractivity contribution in [3.8, 4) is 5.75 Å². The number of carbonyl (C=O) groups excluding carboxylic acids is 1. The Morgan fingerprint density at radius 3 is 2.39 bits per heavy atom. The molecule has 0 bridgehead atoms. The van der Waals surface area contributed by atoms with Gasteiger partial charge >= 0.3 is 0 Å². The second kappa shape index (κ2) is 11.2. The SMILES string of the molecule is CCCN1CCC(N(Cc2cccc(O)c2)c2cccc(C(=O)N(CC)CC)c2)CC1. The molecule has 2 aromatic rings. The molecular weight excluding hydrogens is 386 g/mol. The van der Waals surface area contributed by atoms with Gasteiger partial charge in [0.25, 0.3) is 5.91 Å². The monoisotopic (exact) mass is 423 g/mol. The van der Waals surface area contributed by atoms with E-state index in [1.54, 1.807) is 6.07 Å². The molecule has 168 valence electrons.